The minimum absolute atomic E-state index is 0.0818. The van der Waals surface area contributed by atoms with Crippen LogP contribution in [0.25, 0.3) is 10.2 Å². The Morgan fingerprint density at radius 2 is 2.12 bits per heavy atom. The average molecular weight is 380 g/mol. The van der Waals surface area contributed by atoms with E-state index in [1.54, 1.807) is 30.0 Å². The molecule has 0 fully saturated rings. The van der Waals surface area contributed by atoms with Gasteiger partial charge in [-0.1, -0.05) is 23.4 Å². The maximum Gasteiger partial charge on any atom is 0.282 e. The lowest BCUT2D eigenvalue weighted by Gasteiger charge is -2.06. The molecule has 1 heterocycles. The third kappa shape index (κ3) is 3.35. The molecule has 1 aromatic heterocycles. The largest absolute Gasteiger partial charge is 0.322 e. The maximum absolute atomic E-state index is 12.4. The smallest absolute Gasteiger partial charge is 0.282 e. The Kier molecular flexibility index (Phi) is 4.70. The van der Waals surface area contributed by atoms with E-state index >= 15 is 0 Å². The molecule has 24 heavy (non-hydrogen) atoms. The van der Waals surface area contributed by atoms with E-state index in [4.69, 9.17) is 11.6 Å². The van der Waals surface area contributed by atoms with Crippen molar-refractivity contribution in [2.24, 2.45) is 0 Å². The Morgan fingerprint density at radius 1 is 1.33 bits per heavy atom. The number of nitrogens with zero attached hydrogens (tertiary/aromatic N) is 2. The second-order valence-corrected chi connectivity index (χ2v) is 7.26. The van der Waals surface area contributed by atoms with E-state index in [1.807, 2.05) is 6.26 Å². The summed E-state index contributed by atoms with van der Waals surface area (Å²) >= 11 is 8.92. The van der Waals surface area contributed by atoms with E-state index in [2.05, 4.69) is 10.3 Å². The fourth-order valence-electron chi connectivity index (χ4n) is 2.12. The third-order valence-electron chi connectivity index (χ3n) is 3.20. The summed E-state index contributed by atoms with van der Waals surface area (Å²) in [5.41, 5.74) is 1.01. The van der Waals surface area contributed by atoms with Crippen molar-refractivity contribution in [2.75, 3.05) is 11.6 Å². The van der Waals surface area contributed by atoms with Crippen LogP contribution in [0.3, 0.4) is 0 Å². The van der Waals surface area contributed by atoms with Gasteiger partial charge in [0.05, 0.1) is 15.1 Å². The summed E-state index contributed by atoms with van der Waals surface area (Å²) in [5.74, 6) is -0.585. The molecule has 1 amide bonds. The molecule has 6 nitrogen and oxygen atoms in total. The predicted octanol–water partition coefficient (Wildman–Crippen LogP) is 4.83. The van der Waals surface area contributed by atoms with Crippen molar-refractivity contribution in [2.45, 2.75) is 4.34 Å². The second-order valence-electron chi connectivity index (χ2n) is 4.74. The van der Waals surface area contributed by atoms with Crippen molar-refractivity contribution in [3.05, 3.63) is 57.1 Å². The highest BCUT2D eigenvalue weighted by molar-refractivity contribution is 8.00. The lowest BCUT2D eigenvalue weighted by Crippen LogP contribution is -2.13. The number of thiazole rings is 1. The van der Waals surface area contributed by atoms with Gasteiger partial charge in [0.2, 0.25) is 0 Å². The van der Waals surface area contributed by atoms with Crippen molar-refractivity contribution in [1.29, 1.82) is 0 Å². The van der Waals surface area contributed by atoms with Crippen molar-refractivity contribution in [3.63, 3.8) is 0 Å². The predicted molar refractivity (Wildman–Crippen MR) is 97.5 cm³/mol. The van der Waals surface area contributed by atoms with Crippen LogP contribution in [0.2, 0.25) is 5.02 Å². The number of nitro benzene ring substituents is 1. The molecule has 9 heteroatoms. The molecule has 0 saturated heterocycles. The Bertz CT molecular complexity index is 958. The number of anilines is 1. The van der Waals surface area contributed by atoms with E-state index < -0.39 is 10.8 Å². The standard InChI is InChI=1S/C15H10ClN3O3S2/c1-23-15-18-11-4-3-9(7-13(11)24-15)17-14(20)10-6-8(16)2-5-12(10)19(21)22/h2-7H,1H3,(H,17,20). The van der Waals surface area contributed by atoms with Crippen LogP contribution in [0, 0.1) is 10.1 Å². The van der Waals surface area contributed by atoms with Gasteiger partial charge in [0, 0.05) is 16.8 Å². The first-order valence-electron chi connectivity index (χ1n) is 6.68. The number of benzene rings is 2. The van der Waals surface area contributed by atoms with Crippen molar-refractivity contribution < 1.29 is 9.72 Å². The average Bonchev–Trinajstić information content (AvgIpc) is 2.96. The number of thioether (sulfide) groups is 1. The quantitative estimate of drug-likeness (QED) is 0.398. The van der Waals surface area contributed by atoms with E-state index in [9.17, 15) is 14.9 Å². The fourth-order valence-corrected chi connectivity index (χ4v) is 3.82. The minimum atomic E-state index is -0.609. The summed E-state index contributed by atoms with van der Waals surface area (Å²) in [4.78, 5) is 27.3. The number of fused-ring (bicyclic) bond motifs is 1. The molecule has 0 bridgehead atoms. The maximum atomic E-state index is 12.4. The first kappa shape index (κ1) is 16.7. The van der Waals surface area contributed by atoms with E-state index in [0.29, 0.717) is 5.69 Å². The molecule has 0 aliphatic carbocycles. The summed E-state index contributed by atoms with van der Waals surface area (Å²) in [6.07, 6.45) is 1.94. The highest BCUT2D eigenvalue weighted by atomic mass is 35.5. The monoisotopic (exact) mass is 379 g/mol. The number of carbonyl (C=O) groups is 1. The van der Waals surface area contributed by atoms with Crippen LogP contribution in [0.5, 0.6) is 0 Å². The van der Waals surface area contributed by atoms with Crippen LogP contribution < -0.4 is 5.32 Å². The Hall–Kier alpha value is -2.16. The summed E-state index contributed by atoms with van der Waals surface area (Å²) in [7, 11) is 0. The third-order valence-corrected chi connectivity index (χ3v) is 5.44. The number of amides is 1. The molecule has 0 aliphatic rings. The zero-order valence-corrected chi connectivity index (χ0v) is 14.7. The van der Waals surface area contributed by atoms with Gasteiger partial charge in [-0.25, -0.2) is 4.98 Å². The topological polar surface area (TPSA) is 85.1 Å². The molecule has 0 unspecified atom stereocenters. The van der Waals surface area contributed by atoms with Gasteiger partial charge in [0.25, 0.3) is 11.6 Å². The number of aromatic nitrogens is 1. The van der Waals surface area contributed by atoms with Crippen molar-refractivity contribution >= 4 is 62.2 Å². The molecule has 3 aromatic rings. The molecule has 0 saturated carbocycles. The van der Waals surface area contributed by atoms with E-state index in [0.717, 1.165) is 14.6 Å². The molecule has 2 aromatic carbocycles. The number of halogens is 1. The molecule has 0 aliphatic heterocycles. The summed E-state index contributed by atoms with van der Waals surface area (Å²) in [6, 6.07) is 9.18. The highest BCUT2D eigenvalue weighted by Crippen LogP contribution is 2.30. The van der Waals surface area contributed by atoms with Gasteiger partial charge in [0.15, 0.2) is 4.34 Å². The zero-order valence-electron chi connectivity index (χ0n) is 12.3. The van der Waals surface area contributed by atoms with Crippen LogP contribution in [-0.4, -0.2) is 22.1 Å². The molecule has 122 valence electrons. The zero-order chi connectivity index (χ0) is 17.3. The molecular formula is C15H10ClN3O3S2. The van der Waals surface area contributed by atoms with Gasteiger partial charge >= 0.3 is 0 Å². The van der Waals surface area contributed by atoms with Gasteiger partial charge < -0.3 is 5.32 Å². The Morgan fingerprint density at radius 3 is 2.83 bits per heavy atom. The van der Waals surface area contributed by atoms with Gasteiger partial charge in [-0.2, -0.15) is 0 Å². The van der Waals surface area contributed by atoms with Crippen LogP contribution in [-0.2, 0) is 0 Å². The molecule has 0 atom stereocenters. The Labute approximate surface area is 150 Å². The van der Waals surface area contributed by atoms with Crippen molar-refractivity contribution in [1.82, 2.24) is 4.98 Å². The lowest BCUT2D eigenvalue weighted by molar-refractivity contribution is -0.385. The van der Waals surface area contributed by atoms with Crippen LogP contribution >= 0.6 is 34.7 Å². The molecule has 0 radical (unpaired) electrons. The lowest BCUT2D eigenvalue weighted by atomic mass is 10.1. The number of nitrogens with one attached hydrogen (secondary N) is 1. The van der Waals surface area contributed by atoms with Crippen molar-refractivity contribution in [3.8, 4) is 0 Å². The normalized spacial score (nSPS) is 10.8. The minimum Gasteiger partial charge on any atom is -0.322 e. The molecule has 0 spiro atoms. The number of hydrogen-bond acceptors (Lipinski definition) is 6. The van der Waals surface area contributed by atoms with Crippen LogP contribution in [0.4, 0.5) is 11.4 Å². The number of nitro groups is 1. The van der Waals surface area contributed by atoms with Crippen LogP contribution in [0.1, 0.15) is 10.4 Å². The van der Waals surface area contributed by atoms with Crippen LogP contribution in [0.15, 0.2) is 40.7 Å². The highest BCUT2D eigenvalue weighted by Gasteiger charge is 2.20. The Balaban J connectivity index is 1.92. The summed E-state index contributed by atoms with van der Waals surface area (Å²) < 4.78 is 1.86. The SMILES string of the molecule is CSc1nc2ccc(NC(=O)c3cc(Cl)ccc3[N+](=O)[O-])cc2s1. The second kappa shape index (κ2) is 6.76. The first-order valence-corrected chi connectivity index (χ1v) is 9.09. The molecule has 3 rings (SSSR count). The number of rotatable bonds is 4. The summed E-state index contributed by atoms with van der Waals surface area (Å²) in [6.45, 7) is 0. The van der Waals surface area contributed by atoms with E-state index in [-0.39, 0.29) is 16.3 Å². The molecule has 1 N–H and O–H groups in total. The molecular weight excluding hydrogens is 370 g/mol. The van der Waals surface area contributed by atoms with Gasteiger partial charge in [-0.05, 0) is 36.6 Å². The number of carbonyl (C=O) groups excluding carboxylic acids is 1. The van der Waals surface area contributed by atoms with Gasteiger partial charge in [0.1, 0.15) is 5.56 Å². The van der Waals surface area contributed by atoms with Gasteiger partial charge in [-0.15, -0.1) is 11.3 Å². The number of hydrogen-bond donors (Lipinski definition) is 1. The van der Waals surface area contributed by atoms with Gasteiger partial charge in [-0.3, -0.25) is 14.9 Å². The van der Waals surface area contributed by atoms with E-state index in [1.165, 1.54) is 29.5 Å². The summed E-state index contributed by atoms with van der Waals surface area (Å²) in [5, 5.41) is 14.0. The fraction of sp³-hybridized carbons (Fsp3) is 0.0667. The first-order chi connectivity index (χ1) is 11.5.